The first-order chi connectivity index (χ1) is 7.10. The van der Waals surface area contributed by atoms with Crippen molar-refractivity contribution in [3.05, 3.63) is 29.3 Å². The highest BCUT2D eigenvalue weighted by molar-refractivity contribution is 6.18. The van der Waals surface area contributed by atoms with E-state index >= 15 is 0 Å². The number of nitrogens with zero attached hydrogens (tertiary/aromatic N) is 1. The number of benzene rings is 1. The molecule has 4 N–H and O–H groups in total. The monoisotopic (exact) mass is 226 g/mol. The molecule has 2 atom stereocenters. The van der Waals surface area contributed by atoms with Crippen LogP contribution in [0, 0.1) is 11.3 Å². The molecule has 5 heteroatoms. The molecule has 0 amide bonds. The highest BCUT2D eigenvalue weighted by Gasteiger charge is 2.17. The fraction of sp³-hybridized carbons (Fsp3) is 0.300. The quantitative estimate of drug-likeness (QED) is 0.525. The maximum Gasteiger partial charge on any atom is 0.106 e. The largest absolute Gasteiger partial charge is 0.398 e. The predicted molar refractivity (Wildman–Crippen MR) is 57.3 cm³/mol. The highest BCUT2D eigenvalue weighted by Crippen LogP contribution is 2.21. The van der Waals surface area contributed by atoms with Crippen molar-refractivity contribution in [2.75, 3.05) is 11.6 Å². The summed E-state index contributed by atoms with van der Waals surface area (Å²) >= 11 is 5.40. The lowest BCUT2D eigenvalue weighted by Crippen LogP contribution is -2.19. The van der Waals surface area contributed by atoms with Gasteiger partial charge in [-0.15, -0.1) is 11.6 Å². The molecule has 1 aromatic rings. The van der Waals surface area contributed by atoms with E-state index in [0.717, 1.165) is 0 Å². The number of nitriles is 1. The van der Waals surface area contributed by atoms with Gasteiger partial charge < -0.3 is 15.9 Å². The number of aliphatic hydroxyl groups is 2. The summed E-state index contributed by atoms with van der Waals surface area (Å²) in [6, 6.07) is 6.40. The summed E-state index contributed by atoms with van der Waals surface area (Å²) in [5, 5.41) is 27.7. The third kappa shape index (κ3) is 2.60. The Bertz CT molecular complexity index is 389. The van der Waals surface area contributed by atoms with E-state index in [4.69, 9.17) is 22.6 Å². The van der Waals surface area contributed by atoms with Crippen LogP contribution in [0.2, 0.25) is 0 Å². The summed E-state index contributed by atoms with van der Waals surface area (Å²) in [6.45, 7) is 0. The Hall–Kier alpha value is -1.28. The second kappa shape index (κ2) is 4.99. The van der Waals surface area contributed by atoms with Crippen LogP contribution >= 0.6 is 11.6 Å². The number of alkyl halides is 1. The van der Waals surface area contributed by atoms with Gasteiger partial charge in [0.15, 0.2) is 0 Å². The van der Waals surface area contributed by atoms with Crippen LogP contribution in [0.15, 0.2) is 18.2 Å². The number of halogens is 1. The van der Waals surface area contributed by atoms with E-state index in [1.54, 1.807) is 6.07 Å². The average Bonchev–Trinajstić information content (AvgIpc) is 2.27. The predicted octanol–water partition coefficient (Wildman–Crippen LogP) is 0.774. The minimum atomic E-state index is -1.10. The molecule has 0 heterocycles. The van der Waals surface area contributed by atoms with Crippen molar-refractivity contribution in [2.45, 2.75) is 12.2 Å². The molecule has 0 radical (unpaired) electrons. The minimum Gasteiger partial charge on any atom is -0.398 e. The third-order valence-corrected chi connectivity index (χ3v) is 2.38. The molecule has 0 bridgehead atoms. The molecule has 0 saturated heterocycles. The van der Waals surface area contributed by atoms with Crippen LogP contribution in [-0.2, 0) is 0 Å². The molecule has 1 rings (SSSR count). The Morgan fingerprint density at radius 1 is 1.47 bits per heavy atom. The van der Waals surface area contributed by atoms with Gasteiger partial charge in [-0.3, -0.25) is 0 Å². The molecule has 15 heavy (non-hydrogen) atoms. The standard InChI is InChI=1S/C10H11ClN2O2/c11-4-9(14)10(15)6-1-2-8(13)7(3-6)5-12/h1-3,9-10,14-15H,4,13H2. The molecule has 0 spiro atoms. The zero-order chi connectivity index (χ0) is 11.4. The highest BCUT2D eigenvalue weighted by atomic mass is 35.5. The van der Waals surface area contributed by atoms with E-state index in [0.29, 0.717) is 11.3 Å². The van der Waals surface area contributed by atoms with Crippen LogP contribution in [-0.4, -0.2) is 22.2 Å². The number of nitrogen functional groups attached to an aromatic ring is 1. The van der Waals surface area contributed by atoms with Gasteiger partial charge in [-0.2, -0.15) is 5.26 Å². The Balaban J connectivity index is 3.02. The Morgan fingerprint density at radius 2 is 2.13 bits per heavy atom. The lowest BCUT2D eigenvalue weighted by Gasteiger charge is -2.16. The summed E-state index contributed by atoms with van der Waals surface area (Å²) in [6.07, 6.45) is -2.16. The average molecular weight is 227 g/mol. The molecular formula is C10H11ClN2O2. The van der Waals surface area contributed by atoms with Gasteiger partial charge in [0.25, 0.3) is 0 Å². The van der Waals surface area contributed by atoms with Crippen LogP contribution in [0.1, 0.15) is 17.2 Å². The summed E-state index contributed by atoms with van der Waals surface area (Å²) in [4.78, 5) is 0. The van der Waals surface area contributed by atoms with Crippen molar-refractivity contribution in [1.82, 2.24) is 0 Å². The number of hydrogen-bond donors (Lipinski definition) is 3. The maximum atomic E-state index is 9.62. The molecule has 0 aliphatic heterocycles. The zero-order valence-electron chi connectivity index (χ0n) is 7.89. The number of hydrogen-bond acceptors (Lipinski definition) is 4. The topological polar surface area (TPSA) is 90.3 Å². The fourth-order valence-corrected chi connectivity index (χ4v) is 1.33. The van der Waals surface area contributed by atoms with Crippen molar-refractivity contribution in [3.63, 3.8) is 0 Å². The van der Waals surface area contributed by atoms with Crippen molar-refractivity contribution in [2.24, 2.45) is 0 Å². The second-order valence-electron chi connectivity index (χ2n) is 3.12. The molecule has 0 fully saturated rings. The van der Waals surface area contributed by atoms with E-state index in [2.05, 4.69) is 0 Å². The van der Waals surface area contributed by atoms with Gasteiger partial charge in [-0.05, 0) is 17.7 Å². The van der Waals surface area contributed by atoms with Crippen LogP contribution in [0.4, 0.5) is 5.69 Å². The number of anilines is 1. The molecule has 0 aliphatic carbocycles. The van der Waals surface area contributed by atoms with Crippen LogP contribution in [0.5, 0.6) is 0 Å². The fourth-order valence-electron chi connectivity index (χ4n) is 1.16. The molecule has 1 aromatic carbocycles. The minimum absolute atomic E-state index is 0.0760. The molecule has 2 unspecified atom stereocenters. The Kier molecular flexibility index (Phi) is 3.92. The Morgan fingerprint density at radius 3 is 2.67 bits per heavy atom. The third-order valence-electron chi connectivity index (χ3n) is 2.06. The summed E-state index contributed by atoms with van der Waals surface area (Å²) in [5.74, 6) is -0.0760. The molecule has 0 aliphatic rings. The van der Waals surface area contributed by atoms with E-state index in [1.807, 2.05) is 6.07 Å². The van der Waals surface area contributed by atoms with Crippen LogP contribution < -0.4 is 5.73 Å². The zero-order valence-corrected chi connectivity index (χ0v) is 8.65. The first-order valence-electron chi connectivity index (χ1n) is 4.31. The van der Waals surface area contributed by atoms with Gasteiger partial charge in [-0.1, -0.05) is 6.07 Å². The molecule has 4 nitrogen and oxygen atoms in total. The van der Waals surface area contributed by atoms with Gasteiger partial charge in [0, 0.05) is 5.69 Å². The van der Waals surface area contributed by atoms with Crippen molar-refractivity contribution >= 4 is 17.3 Å². The number of rotatable bonds is 3. The molecule has 80 valence electrons. The lowest BCUT2D eigenvalue weighted by atomic mass is 10.0. The number of nitrogens with two attached hydrogens (primary N) is 1. The molecular weight excluding hydrogens is 216 g/mol. The first-order valence-corrected chi connectivity index (χ1v) is 4.85. The molecule has 0 saturated carbocycles. The van der Waals surface area contributed by atoms with Gasteiger partial charge >= 0.3 is 0 Å². The van der Waals surface area contributed by atoms with Crippen molar-refractivity contribution in [1.29, 1.82) is 5.26 Å². The first kappa shape index (κ1) is 11.8. The van der Waals surface area contributed by atoms with Gasteiger partial charge in [0.05, 0.1) is 17.5 Å². The van der Waals surface area contributed by atoms with E-state index in [9.17, 15) is 10.2 Å². The van der Waals surface area contributed by atoms with Crippen LogP contribution in [0.25, 0.3) is 0 Å². The van der Waals surface area contributed by atoms with Gasteiger partial charge in [0.2, 0.25) is 0 Å². The summed E-state index contributed by atoms with van der Waals surface area (Å²) in [7, 11) is 0. The van der Waals surface area contributed by atoms with E-state index in [-0.39, 0.29) is 11.4 Å². The second-order valence-corrected chi connectivity index (χ2v) is 3.43. The van der Waals surface area contributed by atoms with Gasteiger partial charge in [-0.25, -0.2) is 0 Å². The Labute approximate surface area is 92.5 Å². The number of aliphatic hydroxyl groups excluding tert-OH is 2. The van der Waals surface area contributed by atoms with Crippen LogP contribution in [0.3, 0.4) is 0 Å². The molecule has 0 aromatic heterocycles. The SMILES string of the molecule is N#Cc1cc(C(O)C(O)CCl)ccc1N. The maximum absolute atomic E-state index is 9.62. The van der Waals surface area contributed by atoms with Gasteiger partial charge in [0.1, 0.15) is 12.2 Å². The van der Waals surface area contributed by atoms with E-state index in [1.165, 1.54) is 12.1 Å². The lowest BCUT2D eigenvalue weighted by molar-refractivity contribution is 0.0327. The van der Waals surface area contributed by atoms with E-state index < -0.39 is 12.2 Å². The summed E-state index contributed by atoms with van der Waals surface area (Å²) in [5.41, 5.74) is 6.55. The smallest absolute Gasteiger partial charge is 0.106 e. The summed E-state index contributed by atoms with van der Waals surface area (Å²) < 4.78 is 0. The van der Waals surface area contributed by atoms with Crippen molar-refractivity contribution in [3.8, 4) is 6.07 Å². The normalized spacial score (nSPS) is 14.3. The van der Waals surface area contributed by atoms with Crippen molar-refractivity contribution < 1.29 is 10.2 Å².